The molecule has 4 rings (SSSR count). The molecule has 0 spiro atoms. The third-order valence-corrected chi connectivity index (χ3v) is 3.76. The lowest BCUT2D eigenvalue weighted by atomic mass is 10.1. The second-order valence-electron chi connectivity index (χ2n) is 5.12. The maximum atomic E-state index is 12.3. The molecule has 4 aromatic rings. The van der Waals surface area contributed by atoms with Crippen LogP contribution >= 0.6 is 0 Å². The molecule has 0 unspecified atom stereocenters. The molecule has 0 fully saturated rings. The number of H-pyrrole nitrogens is 1. The third-order valence-electron chi connectivity index (χ3n) is 3.76. The molecule has 2 heterocycles. The van der Waals surface area contributed by atoms with Gasteiger partial charge >= 0.3 is 5.97 Å². The van der Waals surface area contributed by atoms with Crippen LogP contribution in [0.15, 0.2) is 48.7 Å². The summed E-state index contributed by atoms with van der Waals surface area (Å²) in [5, 5.41) is 12.9. The van der Waals surface area contributed by atoms with Gasteiger partial charge in [0.2, 0.25) is 0 Å². The van der Waals surface area contributed by atoms with E-state index in [-0.39, 0.29) is 5.97 Å². The second-order valence-corrected chi connectivity index (χ2v) is 5.12. The van der Waals surface area contributed by atoms with Gasteiger partial charge in [-0.15, -0.1) is 0 Å². The van der Waals surface area contributed by atoms with Gasteiger partial charge in [-0.1, -0.05) is 18.2 Å². The number of esters is 1. The highest BCUT2D eigenvalue weighted by Gasteiger charge is 2.19. The largest absolute Gasteiger partial charge is 0.461 e. The van der Waals surface area contributed by atoms with Crippen LogP contribution in [0.25, 0.3) is 27.5 Å². The maximum absolute atomic E-state index is 12.3. The summed E-state index contributed by atoms with van der Waals surface area (Å²) >= 11 is 0. The molecule has 2 aromatic heterocycles. The zero-order valence-corrected chi connectivity index (χ0v) is 12.5. The molecule has 0 bridgehead atoms. The molecular weight excluding hydrogens is 292 g/mol. The summed E-state index contributed by atoms with van der Waals surface area (Å²) in [4.78, 5) is 12.3. The van der Waals surface area contributed by atoms with Crippen LogP contribution in [-0.2, 0) is 4.74 Å². The fourth-order valence-corrected chi connectivity index (χ4v) is 2.76. The van der Waals surface area contributed by atoms with Crippen molar-refractivity contribution in [3.05, 3.63) is 54.4 Å². The first-order valence-electron chi connectivity index (χ1n) is 7.37. The second kappa shape index (κ2) is 5.24. The van der Waals surface area contributed by atoms with Crippen LogP contribution in [0.5, 0.6) is 0 Å². The van der Waals surface area contributed by atoms with Gasteiger partial charge in [-0.2, -0.15) is 10.2 Å². The Morgan fingerprint density at radius 1 is 1.17 bits per heavy atom. The average Bonchev–Trinajstić information content (AvgIpc) is 3.19. The van der Waals surface area contributed by atoms with E-state index in [1.807, 2.05) is 47.1 Å². The van der Waals surface area contributed by atoms with E-state index in [0.29, 0.717) is 12.3 Å². The Bertz CT molecular complexity index is 1000. The zero-order chi connectivity index (χ0) is 15.8. The fourth-order valence-electron chi connectivity index (χ4n) is 2.76. The van der Waals surface area contributed by atoms with Crippen LogP contribution in [0.1, 0.15) is 17.4 Å². The van der Waals surface area contributed by atoms with Gasteiger partial charge in [0, 0.05) is 10.8 Å². The van der Waals surface area contributed by atoms with Gasteiger partial charge in [0.1, 0.15) is 5.69 Å². The molecule has 0 saturated heterocycles. The minimum Gasteiger partial charge on any atom is -0.461 e. The number of hydrogen-bond donors (Lipinski definition) is 1. The topological polar surface area (TPSA) is 72.8 Å². The van der Waals surface area contributed by atoms with E-state index in [4.69, 9.17) is 4.74 Å². The first kappa shape index (κ1) is 13.5. The summed E-state index contributed by atoms with van der Waals surface area (Å²) in [6, 6.07) is 13.5. The third kappa shape index (κ3) is 2.07. The number of para-hydroxylation sites is 1. The van der Waals surface area contributed by atoms with E-state index in [1.54, 1.807) is 13.1 Å². The Kier molecular flexibility index (Phi) is 3.08. The number of aromatic amines is 1. The summed E-state index contributed by atoms with van der Waals surface area (Å²) in [6.45, 7) is 2.12. The summed E-state index contributed by atoms with van der Waals surface area (Å²) < 4.78 is 7.03. The first-order valence-corrected chi connectivity index (χ1v) is 7.37. The zero-order valence-electron chi connectivity index (χ0n) is 12.5. The van der Waals surface area contributed by atoms with Crippen LogP contribution in [0.2, 0.25) is 0 Å². The van der Waals surface area contributed by atoms with E-state index >= 15 is 0 Å². The van der Waals surface area contributed by atoms with Gasteiger partial charge in [-0.05, 0) is 31.2 Å². The molecule has 6 heteroatoms. The highest BCUT2D eigenvalue weighted by atomic mass is 16.5. The molecule has 114 valence electrons. The summed E-state index contributed by atoms with van der Waals surface area (Å²) in [6.07, 6.45) is 1.71. The Morgan fingerprint density at radius 3 is 2.78 bits per heavy atom. The number of carbonyl (C=O) groups excluding carboxylic acids is 1. The van der Waals surface area contributed by atoms with Crippen molar-refractivity contribution >= 4 is 27.8 Å². The van der Waals surface area contributed by atoms with Crippen molar-refractivity contribution in [2.45, 2.75) is 6.92 Å². The lowest BCUT2D eigenvalue weighted by molar-refractivity contribution is 0.0521. The van der Waals surface area contributed by atoms with E-state index in [0.717, 1.165) is 27.5 Å². The van der Waals surface area contributed by atoms with E-state index in [9.17, 15) is 4.79 Å². The Labute approximate surface area is 131 Å². The number of ether oxygens (including phenoxy) is 1. The molecule has 0 radical (unpaired) electrons. The highest BCUT2D eigenvalue weighted by Crippen LogP contribution is 2.29. The molecule has 1 N–H and O–H groups in total. The SMILES string of the molecule is CCOC(=O)c1[nH]n(-c2ccccc2)c2c1ccc1nncc12. The van der Waals surface area contributed by atoms with E-state index in [1.165, 1.54) is 0 Å². The number of aromatic nitrogens is 4. The molecule has 0 saturated carbocycles. The van der Waals surface area contributed by atoms with Crippen molar-refractivity contribution in [1.29, 1.82) is 0 Å². The molecule has 0 amide bonds. The molecule has 0 aliphatic carbocycles. The van der Waals surface area contributed by atoms with Crippen LogP contribution in [-0.4, -0.2) is 32.6 Å². The Hall–Kier alpha value is -3.15. The predicted octanol–water partition coefficient (Wildman–Crippen LogP) is 3.08. The number of nitrogens with zero attached hydrogens (tertiary/aromatic N) is 3. The predicted molar refractivity (Wildman–Crippen MR) is 86.7 cm³/mol. The lowest BCUT2D eigenvalue weighted by Crippen LogP contribution is -2.06. The van der Waals surface area contributed by atoms with E-state index in [2.05, 4.69) is 15.3 Å². The summed E-state index contributed by atoms with van der Waals surface area (Å²) in [5.41, 5.74) is 2.99. The number of fused-ring (bicyclic) bond motifs is 3. The van der Waals surface area contributed by atoms with Crippen molar-refractivity contribution in [1.82, 2.24) is 20.0 Å². The van der Waals surface area contributed by atoms with Crippen LogP contribution < -0.4 is 0 Å². The molecule has 23 heavy (non-hydrogen) atoms. The van der Waals surface area contributed by atoms with Gasteiger partial charge in [-0.25, -0.2) is 4.79 Å². The molecule has 0 aliphatic rings. The number of carbonyl (C=O) groups is 1. The molecular formula is C17H14N4O2. The normalized spacial score (nSPS) is 11.2. The number of nitrogens with one attached hydrogen (secondary N) is 1. The summed E-state index contributed by atoms with van der Waals surface area (Å²) in [7, 11) is 0. The fraction of sp³-hybridized carbons (Fsp3) is 0.118. The van der Waals surface area contributed by atoms with Gasteiger partial charge in [0.15, 0.2) is 0 Å². The molecule has 0 aliphatic heterocycles. The van der Waals surface area contributed by atoms with E-state index < -0.39 is 0 Å². The standard InChI is InChI=1S/C17H14N4O2/c1-2-23-17(22)15-12-8-9-14-13(10-18-19-14)16(12)21(20-15)11-6-4-3-5-7-11/h3-10,20H,2H2,1H3. The van der Waals surface area contributed by atoms with Crippen LogP contribution in [0, 0.1) is 0 Å². The van der Waals surface area contributed by atoms with Crippen LogP contribution in [0.3, 0.4) is 0 Å². The molecule has 6 nitrogen and oxygen atoms in total. The van der Waals surface area contributed by atoms with Crippen molar-refractivity contribution in [2.75, 3.05) is 6.61 Å². The number of rotatable bonds is 3. The number of benzene rings is 2. The lowest BCUT2D eigenvalue weighted by Gasteiger charge is -2.04. The van der Waals surface area contributed by atoms with Crippen LogP contribution in [0.4, 0.5) is 0 Å². The number of hydrogen-bond acceptors (Lipinski definition) is 4. The quantitative estimate of drug-likeness (QED) is 0.590. The van der Waals surface area contributed by atoms with Gasteiger partial charge in [0.25, 0.3) is 0 Å². The van der Waals surface area contributed by atoms with Gasteiger partial charge in [0.05, 0.1) is 29.5 Å². The minimum atomic E-state index is -0.376. The highest BCUT2D eigenvalue weighted by molar-refractivity contribution is 6.11. The van der Waals surface area contributed by atoms with Crippen molar-refractivity contribution in [2.24, 2.45) is 0 Å². The molecule has 2 aromatic carbocycles. The van der Waals surface area contributed by atoms with Gasteiger partial charge in [-0.3, -0.25) is 9.78 Å². The average molecular weight is 306 g/mol. The van der Waals surface area contributed by atoms with Crippen molar-refractivity contribution in [3.63, 3.8) is 0 Å². The van der Waals surface area contributed by atoms with Crippen molar-refractivity contribution in [3.8, 4) is 5.69 Å². The smallest absolute Gasteiger partial charge is 0.356 e. The van der Waals surface area contributed by atoms with Crippen molar-refractivity contribution < 1.29 is 9.53 Å². The Morgan fingerprint density at radius 2 is 2.00 bits per heavy atom. The molecule has 0 atom stereocenters. The first-order chi connectivity index (χ1) is 11.3. The Balaban J connectivity index is 2.08. The van der Waals surface area contributed by atoms with Gasteiger partial charge < -0.3 is 4.74 Å². The minimum absolute atomic E-state index is 0.326. The maximum Gasteiger partial charge on any atom is 0.356 e. The summed E-state index contributed by atoms with van der Waals surface area (Å²) in [5.74, 6) is -0.376. The monoisotopic (exact) mass is 306 g/mol.